The van der Waals surface area contributed by atoms with Crippen molar-refractivity contribution in [3.05, 3.63) is 23.8 Å². The highest BCUT2D eigenvalue weighted by molar-refractivity contribution is 6.03. The number of benzene rings is 1. The second-order valence-electron chi connectivity index (χ2n) is 3.84. The minimum atomic E-state index is -1.04. The van der Waals surface area contributed by atoms with E-state index in [4.69, 9.17) is 9.84 Å². The Balaban J connectivity index is 2.48. The molecule has 1 aromatic rings. The summed E-state index contributed by atoms with van der Waals surface area (Å²) in [5, 5.41) is 9.10. The molecule has 0 aromatic heterocycles. The molecule has 0 radical (unpaired) electrons. The van der Waals surface area contributed by atoms with Gasteiger partial charge in [-0.2, -0.15) is 0 Å². The Morgan fingerprint density at radius 2 is 2.24 bits per heavy atom. The number of carbonyl (C=O) groups is 2. The topological polar surface area (TPSA) is 66.8 Å². The molecule has 1 heterocycles. The van der Waals surface area contributed by atoms with Crippen LogP contribution in [0, 0.1) is 0 Å². The molecule has 5 nitrogen and oxygen atoms in total. The molecule has 1 aromatic carbocycles. The zero-order valence-corrected chi connectivity index (χ0v) is 9.47. The molecule has 0 aliphatic carbocycles. The Morgan fingerprint density at radius 3 is 2.76 bits per heavy atom. The van der Waals surface area contributed by atoms with E-state index in [1.165, 1.54) is 18.1 Å². The minimum Gasteiger partial charge on any atom is -0.497 e. The molecule has 1 saturated heterocycles. The highest BCUT2D eigenvalue weighted by Gasteiger charge is 2.26. The van der Waals surface area contributed by atoms with Crippen molar-refractivity contribution in [3.8, 4) is 5.75 Å². The van der Waals surface area contributed by atoms with Crippen LogP contribution < -0.4 is 9.64 Å². The Hall–Kier alpha value is -2.04. The molecule has 0 bridgehead atoms. The van der Waals surface area contributed by atoms with Gasteiger partial charge in [-0.1, -0.05) is 0 Å². The zero-order valence-electron chi connectivity index (χ0n) is 9.47. The van der Waals surface area contributed by atoms with Crippen LogP contribution in [0.3, 0.4) is 0 Å². The van der Waals surface area contributed by atoms with E-state index >= 15 is 0 Å². The molecule has 17 heavy (non-hydrogen) atoms. The summed E-state index contributed by atoms with van der Waals surface area (Å²) in [7, 11) is 1.51. The van der Waals surface area contributed by atoms with Crippen molar-refractivity contribution < 1.29 is 19.4 Å². The third kappa shape index (κ3) is 2.08. The van der Waals surface area contributed by atoms with Gasteiger partial charge < -0.3 is 14.7 Å². The predicted molar refractivity (Wildman–Crippen MR) is 61.5 cm³/mol. The third-order valence-corrected chi connectivity index (χ3v) is 2.80. The monoisotopic (exact) mass is 235 g/mol. The number of nitrogens with zero attached hydrogens (tertiary/aromatic N) is 1. The van der Waals surface area contributed by atoms with E-state index in [1.807, 2.05) is 0 Å². The first-order chi connectivity index (χ1) is 8.13. The van der Waals surface area contributed by atoms with Gasteiger partial charge in [-0.3, -0.25) is 4.79 Å². The molecular formula is C12H13NO4. The molecule has 5 heteroatoms. The summed E-state index contributed by atoms with van der Waals surface area (Å²) in [5.41, 5.74) is 0.542. The van der Waals surface area contributed by atoms with Gasteiger partial charge in [0.2, 0.25) is 5.91 Å². The summed E-state index contributed by atoms with van der Waals surface area (Å²) in [5.74, 6) is -0.534. The average molecular weight is 235 g/mol. The van der Waals surface area contributed by atoms with Crippen LogP contribution in [0.15, 0.2) is 18.2 Å². The average Bonchev–Trinajstić information content (AvgIpc) is 2.74. The van der Waals surface area contributed by atoms with Gasteiger partial charge in [-0.15, -0.1) is 0 Å². The fraction of sp³-hybridized carbons (Fsp3) is 0.333. The van der Waals surface area contributed by atoms with Crippen LogP contribution in [0.4, 0.5) is 5.69 Å². The Morgan fingerprint density at radius 1 is 1.47 bits per heavy atom. The largest absolute Gasteiger partial charge is 0.497 e. The second kappa shape index (κ2) is 4.45. The molecule has 0 saturated carbocycles. The smallest absolute Gasteiger partial charge is 0.337 e. The van der Waals surface area contributed by atoms with Crippen molar-refractivity contribution in [2.24, 2.45) is 0 Å². The SMILES string of the molecule is COc1ccc(C(=O)O)c(N2CCCC2=O)c1. The molecule has 1 aliphatic heterocycles. The van der Waals surface area contributed by atoms with Gasteiger partial charge in [0.15, 0.2) is 0 Å². The fourth-order valence-corrected chi connectivity index (χ4v) is 1.95. The summed E-state index contributed by atoms with van der Waals surface area (Å²) in [6.07, 6.45) is 1.23. The number of hydrogen-bond donors (Lipinski definition) is 1. The maximum absolute atomic E-state index is 11.6. The molecule has 0 spiro atoms. The van der Waals surface area contributed by atoms with Crippen molar-refractivity contribution in [2.45, 2.75) is 12.8 Å². The lowest BCUT2D eigenvalue weighted by Crippen LogP contribution is -2.25. The first-order valence-electron chi connectivity index (χ1n) is 5.35. The number of ether oxygens (including phenoxy) is 1. The van der Waals surface area contributed by atoms with Gasteiger partial charge in [0.25, 0.3) is 0 Å². The van der Waals surface area contributed by atoms with Gasteiger partial charge in [0, 0.05) is 19.0 Å². The van der Waals surface area contributed by atoms with Crippen LogP contribution in [0.1, 0.15) is 23.2 Å². The van der Waals surface area contributed by atoms with Gasteiger partial charge in [-0.25, -0.2) is 4.79 Å². The number of amides is 1. The van der Waals surface area contributed by atoms with Crippen LogP contribution in [0.2, 0.25) is 0 Å². The van der Waals surface area contributed by atoms with Gasteiger partial charge in [-0.05, 0) is 18.6 Å². The highest BCUT2D eigenvalue weighted by atomic mass is 16.5. The van der Waals surface area contributed by atoms with Gasteiger partial charge in [0.1, 0.15) is 5.75 Å². The first-order valence-corrected chi connectivity index (χ1v) is 5.35. The van der Waals surface area contributed by atoms with Gasteiger partial charge >= 0.3 is 5.97 Å². The number of aromatic carboxylic acids is 1. The van der Waals surface area contributed by atoms with Crippen molar-refractivity contribution >= 4 is 17.6 Å². The van der Waals surface area contributed by atoms with Crippen LogP contribution in [-0.2, 0) is 4.79 Å². The molecule has 1 amide bonds. The number of methoxy groups -OCH3 is 1. The van der Waals surface area contributed by atoms with E-state index in [-0.39, 0.29) is 11.5 Å². The fourth-order valence-electron chi connectivity index (χ4n) is 1.95. The normalized spacial score (nSPS) is 15.1. The predicted octanol–water partition coefficient (Wildman–Crippen LogP) is 1.52. The van der Waals surface area contributed by atoms with E-state index in [9.17, 15) is 9.59 Å². The van der Waals surface area contributed by atoms with Crippen molar-refractivity contribution in [3.63, 3.8) is 0 Å². The van der Waals surface area contributed by atoms with Crippen LogP contribution in [0.5, 0.6) is 5.75 Å². The van der Waals surface area contributed by atoms with Crippen LogP contribution in [-0.4, -0.2) is 30.6 Å². The Bertz CT molecular complexity index is 470. The second-order valence-corrected chi connectivity index (χ2v) is 3.84. The summed E-state index contributed by atoms with van der Waals surface area (Å²) < 4.78 is 5.05. The molecule has 2 rings (SSSR count). The van der Waals surface area contributed by atoms with Crippen molar-refractivity contribution in [2.75, 3.05) is 18.6 Å². The zero-order chi connectivity index (χ0) is 12.4. The lowest BCUT2D eigenvalue weighted by molar-refractivity contribution is -0.117. The number of rotatable bonds is 3. The van der Waals surface area contributed by atoms with Crippen molar-refractivity contribution in [1.29, 1.82) is 0 Å². The van der Waals surface area contributed by atoms with Crippen LogP contribution in [0.25, 0.3) is 0 Å². The molecular weight excluding hydrogens is 222 g/mol. The van der Waals surface area contributed by atoms with E-state index in [0.717, 1.165) is 6.42 Å². The van der Waals surface area contributed by atoms with E-state index in [0.29, 0.717) is 24.4 Å². The number of carbonyl (C=O) groups excluding carboxylic acids is 1. The van der Waals surface area contributed by atoms with E-state index in [2.05, 4.69) is 0 Å². The molecule has 1 fully saturated rings. The molecule has 1 N–H and O–H groups in total. The number of anilines is 1. The lowest BCUT2D eigenvalue weighted by Gasteiger charge is -2.18. The molecule has 0 atom stereocenters. The van der Waals surface area contributed by atoms with Crippen LogP contribution >= 0.6 is 0 Å². The summed E-state index contributed by atoms with van der Waals surface area (Å²) in [6.45, 7) is 0.562. The summed E-state index contributed by atoms with van der Waals surface area (Å²) in [6, 6.07) is 4.63. The third-order valence-electron chi connectivity index (χ3n) is 2.80. The van der Waals surface area contributed by atoms with E-state index < -0.39 is 5.97 Å². The van der Waals surface area contributed by atoms with Crippen molar-refractivity contribution in [1.82, 2.24) is 0 Å². The Kier molecular flexibility index (Phi) is 2.99. The quantitative estimate of drug-likeness (QED) is 0.862. The maximum Gasteiger partial charge on any atom is 0.337 e. The lowest BCUT2D eigenvalue weighted by atomic mass is 10.1. The molecule has 0 unspecified atom stereocenters. The molecule has 90 valence electrons. The summed E-state index contributed by atoms with van der Waals surface area (Å²) in [4.78, 5) is 24.3. The minimum absolute atomic E-state index is 0.0410. The van der Waals surface area contributed by atoms with E-state index in [1.54, 1.807) is 12.1 Å². The van der Waals surface area contributed by atoms with Gasteiger partial charge in [0.05, 0.1) is 18.4 Å². The highest BCUT2D eigenvalue weighted by Crippen LogP contribution is 2.29. The maximum atomic E-state index is 11.6. The number of carboxylic acid groups (broad SMARTS) is 1. The summed E-state index contributed by atoms with van der Waals surface area (Å²) >= 11 is 0. The Labute approximate surface area is 98.6 Å². The number of hydrogen-bond acceptors (Lipinski definition) is 3. The molecule has 1 aliphatic rings. The first kappa shape index (κ1) is 11.4. The number of carboxylic acids is 1. The standard InChI is InChI=1S/C12H13NO4/c1-17-8-4-5-9(12(15)16)10(7-8)13-6-2-3-11(13)14/h4-5,7H,2-3,6H2,1H3,(H,15,16).